The number of hydrogen-bond acceptors (Lipinski definition) is 4. The number of amides is 1. The van der Waals surface area contributed by atoms with E-state index in [1.165, 1.54) is 12.5 Å². The molecule has 0 spiro atoms. The Morgan fingerprint density at radius 2 is 1.83 bits per heavy atom. The zero-order valence-electron chi connectivity index (χ0n) is 14.3. The number of likely N-dealkylation sites (tertiary alicyclic amines) is 1. The van der Waals surface area contributed by atoms with Gasteiger partial charge in [-0.15, -0.1) is 0 Å². The van der Waals surface area contributed by atoms with Crippen LogP contribution in [0.15, 0.2) is 12.1 Å². The van der Waals surface area contributed by atoms with E-state index in [1.807, 2.05) is 13.8 Å². The molecule has 1 aromatic carbocycles. The average Bonchev–Trinajstić information content (AvgIpc) is 2.40. The van der Waals surface area contributed by atoms with Crippen molar-refractivity contribution in [2.75, 3.05) is 25.0 Å². The minimum Gasteiger partial charge on any atom is -0.319 e. The molecule has 0 aromatic heterocycles. The Hall–Kier alpha value is -1.95. The molecule has 6 heteroatoms. The third kappa shape index (κ3) is 4.51. The van der Waals surface area contributed by atoms with Crippen LogP contribution in [0, 0.1) is 35.8 Å². The number of nitrogens with zero attached hydrogens (tertiary/aromatic N) is 2. The Kier molecular flexibility index (Phi) is 5.36. The van der Waals surface area contributed by atoms with Crippen LogP contribution >= 0.6 is 0 Å². The van der Waals surface area contributed by atoms with Gasteiger partial charge in [0.2, 0.25) is 5.91 Å². The minimum atomic E-state index is -0.451. The van der Waals surface area contributed by atoms with Crippen molar-refractivity contribution in [1.82, 2.24) is 4.90 Å². The Morgan fingerprint density at radius 3 is 2.39 bits per heavy atom. The van der Waals surface area contributed by atoms with E-state index in [-0.39, 0.29) is 23.8 Å². The largest absolute Gasteiger partial charge is 0.319 e. The van der Waals surface area contributed by atoms with Gasteiger partial charge in [0.1, 0.15) is 5.69 Å². The summed E-state index contributed by atoms with van der Waals surface area (Å²) < 4.78 is 0. The monoisotopic (exact) mass is 319 g/mol. The first kappa shape index (κ1) is 17.4. The van der Waals surface area contributed by atoms with Gasteiger partial charge in [-0.25, -0.2) is 0 Å². The predicted octanol–water partition coefficient (Wildman–Crippen LogP) is 3.13. The second kappa shape index (κ2) is 7.08. The van der Waals surface area contributed by atoms with Crippen molar-refractivity contribution >= 4 is 17.3 Å². The fourth-order valence-electron chi connectivity index (χ4n) is 3.37. The molecule has 1 aliphatic rings. The summed E-state index contributed by atoms with van der Waals surface area (Å²) in [4.78, 5) is 25.2. The third-order valence-electron chi connectivity index (χ3n) is 4.39. The van der Waals surface area contributed by atoms with Gasteiger partial charge in [-0.1, -0.05) is 13.8 Å². The van der Waals surface area contributed by atoms with Gasteiger partial charge < -0.3 is 5.32 Å². The molecule has 2 rings (SSSR count). The van der Waals surface area contributed by atoms with Gasteiger partial charge in [0, 0.05) is 19.2 Å². The van der Waals surface area contributed by atoms with Crippen LogP contribution in [-0.2, 0) is 4.79 Å². The summed E-state index contributed by atoms with van der Waals surface area (Å²) in [5.41, 5.74) is 1.99. The van der Waals surface area contributed by atoms with Crippen molar-refractivity contribution in [2.45, 2.75) is 34.1 Å². The van der Waals surface area contributed by atoms with E-state index in [2.05, 4.69) is 24.1 Å². The van der Waals surface area contributed by atoms with Crippen LogP contribution in [0.5, 0.6) is 0 Å². The Labute approximate surface area is 137 Å². The number of aryl methyl sites for hydroxylation is 2. The lowest BCUT2D eigenvalue weighted by atomic mass is 9.92. The molecule has 1 saturated heterocycles. The fourth-order valence-corrected chi connectivity index (χ4v) is 3.37. The van der Waals surface area contributed by atoms with Crippen molar-refractivity contribution in [3.8, 4) is 0 Å². The second-order valence-corrected chi connectivity index (χ2v) is 6.90. The molecule has 0 saturated carbocycles. The number of rotatable bonds is 4. The average molecular weight is 319 g/mol. The molecule has 1 amide bonds. The maximum absolute atomic E-state index is 12.3. The molecule has 0 radical (unpaired) electrons. The molecule has 1 heterocycles. The molecular formula is C17H25N3O3. The molecule has 126 valence electrons. The number of anilines is 1. The standard InChI is InChI=1S/C17H25N3O3/c1-11-5-12(2)9-19(8-11)10-17(21)18-15-6-13(3)14(4)7-16(15)20(22)23/h6-7,11-12H,5,8-10H2,1-4H3,(H,18,21)/t11-,12-/m0/s1. The van der Waals surface area contributed by atoms with E-state index in [0.29, 0.717) is 11.8 Å². The molecule has 0 bridgehead atoms. The zero-order valence-corrected chi connectivity index (χ0v) is 14.3. The molecule has 1 fully saturated rings. The first-order valence-corrected chi connectivity index (χ1v) is 8.04. The lowest BCUT2D eigenvalue weighted by molar-refractivity contribution is -0.384. The van der Waals surface area contributed by atoms with E-state index >= 15 is 0 Å². The van der Waals surface area contributed by atoms with Gasteiger partial charge in [-0.2, -0.15) is 0 Å². The number of nitrogens with one attached hydrogen (secondary N) is 1. The van der Waals surface area contributed by atoms with Crippen LogP contribution in [-0.4, -0.2) is 35.4 Å². The van der Waals surface area contributed by atoms with Gasteiger partial charge in [0.25, 0.3) is 5.69 Å². The SMILES string of the molecule is Cc1cc(NC(=O)CN2C[C@@H](C)C[C@H](C)C2)c([N+](=O)[O-])cc1C. The van der Waals surface area contributed by atoms with Crippen molar-refractivity contribution in [2.24, 2.45) is 11.8 Å². The molecule has 0 aliphatic carbocycles. The van der Waals surface area contributed by atoms with Gasteiger partial charge in [-0.05, 0) is 49.3 Å². The lowest BCUT2D eigenvalue weighted by Gasteiger charge is -2.34. The Morgan fingerprint density at radius 1 is 1.26 bits per heavy atom. The molecule has 1 aliphatic heterocycles. The molecule has 1 aromatic rings. The molecule has 23 heavy (non-hydrogen) atoms. The highest BCUT2D eigenvalue weighted by Crippen LogP contribution is 2.28. The summed E-state index contributed by atoms with van der Waals surface area (Å²) in [5.74, 6) is 0.947. The number of benzene rings is 1. The zero-order chi connectivity index (χ0) is 17.1. The maximum atomic E-state index is 12.3. The van der Waals surface area contributed by atoms with E-state index < -0.39 is 4.92 Å². The summed E-state index contributed by atoms with van der Waals surface area (Å²) in [7, 11) is 0. The molecule has 2 atom stereocenters. The van der Waals surface area contributed by atoms with Gasteiger partial charge in [0.15, 0.2) is 0 Å². The van der Waals surface area contributed by atoms with Crippen LogP contribution in [0.25, 0.3) is 0 Å². The van der Waals surface area contributed by atoms with Crippen LogP contribution in [0.2, 0.25) is 0 Å². The predicted molar refractivity (Wildman–Crippen MR) is 90.6 cm³/mol. The number of piperidine rings is 1. The third-order valence-corrected chi connectivity index (χ3v) is 4.39. The highest BCUT2D eigenvalue weighted by atomic mass is 16.6. The van der Waals surface area contributed by atoms with Crippen LogP contribution < -0.4 is 5.32 Å². The minimum absolute atomic E-state index is 0.0539. The number of nitro groups is 1. The van der Waals surface area contributed by atoms with E-state index in [0.717, 1.165) is 24.2 Å². The van der Waals surface area contributed by atoms with Gasteiger partial charge >= 0.3 is 0 Å². The normalized spacial score (nSPS) is 21.9. The molecular weight excluding hydrogens is 294 g/mol. The highest BCUT2D eigenvalue weighted by Gasteiger charge is 2.24. The second-order valence-electron chi connectivity index (χ2n) is 6.90. The lowest BCUT2D eigenvalue weighted by Crippen LogP contribution is -2.42. The van der Waals surface area contributed by atoms with Crippen LogP contribution in [0.3, 0.4) is 0 Å². The van der Waals surface area contributed by atoms with Crippen LogP contribution in [0.4, 0.5) is 11.4 Å². The Bertz CT molecular complexity index is 605. The first-order valence-electron chi connectivity index (χ1n) is 8.04. The topological polar surface area (TPSA) is 75.5 Å². The Balaban J connectivity index is 2.08. The quantitative estimate of drug-likeness (QED) is 0.683. The van der Waals surface area contributed by atoms with E-state index in [9.17, 15) is 14.9 Å². The van der Waals surface area contributed by atoms with Crippen molar-refractivity contribution in [1.29, 1.82) is 0 Å². The van der Waals surface area contributed by atoms with E-state index in [4.69, 9.17) is 0 Å². The smallest absolute Gasteiger partial charge is 0.293 e. The number of carbonyl (C=O) groups excluding carboxylic acids is 1. The van der Waals surface area contributed by atoms with Gasteiger partial charge in [0.05, 0.1) is 11.5 Å². The summed E-state index contributed by atoms with van der Waals surface area (Å²) in [6.45, 7) is 10.1. The maximum Gasteiger partial charge on any atom is 0.293 e. The summed E-state index contributed by atoms with van der Waals surface area (Å²) in [5, 5.41) is 13.9. The summed E-state index contributed by atoms with van der Waals surface area (Å²) in [6, 6.07) is 3.18. The molecule has 6 nitrogen and oxygen atoms in total. The number of carbonyl (C=O) groups is 1. The number of hydrogen-bond donors (Lipinski definition) is 1. The fraction of sp³-hybridized carbons (Fsp3) is 0.588. The number of nitro benzene ring substituents is 1. The van der Waals surface area contributed by atoms with Crippen molar-refractivity contribution < 1.29 is 9.72 Å². The first-order chi connectivity index (χ1) is 10.8. The summed E-state index contributed by atoms with van der Waals surface area (Å²) >= 11 is 0. The van der Waals surface area contributed by atoms with Crippen molar-refractivity contribution in [3.05, 3.63) is 33.4 Å². The molecule has 0 unspecified atom stereocenters. The highest BCUT2D eigenvalue weighted by molar-refractivity contribution is 5.94. The van der Waals surface area contributed by atoms with Crippen LogP contribution in [0.1, 0.15) is 31.4 Å². The molecule has 1 N–H and O–H groups in total. The van der Waals surface area contributed by atoms with Gasteiger partial charge in [-0.3, -0.25) is 19.8 Å². The van der Waals surface area contributed by atoms with Crippen molar-refractivity contribution in [3.63, 3.8) is 0 Å². The van der Waals surface area contributed by atoms with E-state index in [1.54, 1.807) is 6.07 Å². The summed E-state index contributed by atoms with van der Waals surface area (Å²) in [6.07, 6.45) is 1.18.